The molecule has 2 saturated carbocycles. The smallest absolute Gasteiger partial charge is 0.0953 e. The summed E-state index contributed by atoms with van der Waals surface area (Å²) in [7, 11) is 0. The Balaban J connectivity index is 1.80. The van der Waals surface area contributed by atoms with E-state index >= 15 is 0 Å². The number of aromatic nitrogens is 2. The SMILES string of the molecule is ClCC(=Cc1cncn1C1CC1)C1CCCCC1. The Morgan fingerprint density at radius 3 is 2.72 bits per heavy atom. The van der Waals surface area contributed by atoms with Crippen LogP contribution in [-0.4, -0.2) is 15.4 Å². The van der Waals surface area contributed by atoms with Gasteiger partial charge in [0.25, 0.3) is 0 Å². The van der Waals surface area contributed by atoms with E-state index in [0.29, 0.717) is 17.8 Å². The summed E-state index contributed by atoms with van der Waals surface area (Å²) in [5, 5.41) is 0. The number of imidazole rings is 1. The van der Waals surface area contributed by atoms with Crippen LogP contribution in [0, 0.1) is 5.92 Å². The zero-order valence-corrected chi connectivity index (χ0v) is 11.6. The van der Waals surface area contributed by atoms with Crippen LogP contribution in [0.2, 0.25) is 0 Å². The monoisotopic (exact) mass is 264 g/mol. The van der Waals surface area contributed by atoms with Crippen molar-refractivity contribution < 1.29 is 0 Å². The van der Waals surface area contributed by atoms with Crippen molar-refractivity contribution in [3.63, 3.8) is 0 Å². The molecule has 0 saturated heterocycles. The van der Waals surface area contributed by atoms with Crippen LogP contribution in [0.25, 0.3) is 6.08 Å². The first-order chi connectivity index (χ1) is 8.88. The Morgan fingerprint density at radius 1 is 1.28 bits per heavy atom. The molecule has 1 heterocycles. The van der Waals surface area contributed by atoms with Crippen molar-refractivity contribution in [3.8, 4) is 0 Å². The van der Waals surface area contributed by atoms with Gasteiger partial charge in [0.1, 0.15) is 0 Å². The first kappa shape index (κ1) is 12.3. The van der Waals surface area contributed by atoms with Gasteiger partial charge in [-0.15, -0.1) is 11.6 Å². The van der Waals surface area contributed by atoms with Crippen molar-refractivity contribution in [1.29, 1.82) is 0 Å². The van der Waals surface area contributed by atoms with Crippen molar-refractivity contribution in [2.24, 2.45) is 5.92 Å². The fourth-order valence-corrected chi connectivity index (χ4v) is 3.31. The minimum absolute atomic E-state index is 0.667. The van der Waals surface area contributed by atoms with Crippen molar-refractivity contribution in [1.82, 2.24) is 9.55 Å². The summed E-state index contributed by atoms with van der Waals surface area (Å²) < 4.78 is 2.31. The van der Waals surface area contributed by atoms with Gasteiger partial charge in [-0.1, -0.05) is 24.8 Å². The molecule has 18 heavy (non-hydrogen) atoms. The van der Waals surface area contributed by atoms with E-state index in [1.165, 1.54) is 56.2 Å². The van der Waals surface area contributed by atoms with Gasteiger partial charge >= 0.3 is 0 Å². The second kappa shape index (κ2) is 5.48. The van der Waals surface area contributed by atoms with Gasteiger partial charge < -0.3 is 4.57 Å². The van der Waals surface area contributed by atoms with Crippen molar-refractivity contribution in [3.05, 3.63) is 23.8 Å². The van der Waals surface area contributed by atoms with E-state index in [-0.39, 0.29) is 0 Å². The standard InChI is InChI=1S/C15H21ClN2/c16-9-13(12-4-2-1-3-5-12)8-15-10-17-11-18(15)14-6-7-14/h8,10-12,14H,1-7,9H2. The fraction of sp³-hybridized carbons (Fsp3) is 0.667. The highest BCUT2D eigenvalue weighted by Crippen LogP contribution is 2.37. The molecule has 3 rings (SSSR count). The van der Waals surface area contributed by atoms with Crippen LogP contribution in [-0.2, 0) is 0 Å². The molecular formula is C15H21ClN2. The maximum atomic E-state index is 6.17. The normalized spacial score (nSPS) is 22.4. The average Bonchev–Trinajstić information content (AvgIpc) is 3.17. The number of rotatable bonds is 4. The van der Waals surface area contributed by atoms with E-state index in [4.69, 9.17) is 11.6 Å². The van der Waals surface area contributed by atoms with Crippen LogP contribution < -0.4 is 0 Å². The molecular weight excluding hydrogens is 244 g/mol. The Hall–Kier alpha value is -0.760. The number of alkyl halides is 1. The number of hydrogen-bond acceptors (Lipinski definition) is 1. The van der Waals surface area contributed by atoms with Crippen LogP contribution in [0.15, 0.2) is 18.1 Å². The molecule has 0 bridgehead atoms. The molecule has 0 radical (unpaired) electrons. The lowest BCUT2D eigenvalue weighted by Crippen LogP contribution is -2.10. The highest BCUT2D eigenvalue weighted by Gasteiger charge is 2.25. The van der Waals surface area contributed by atoms with E-state index in [2.05, 4.69) is 15.6 Å². The van der Waals surface area contributed by atoms with Crippen LogP contribution >= 0.6 is 11.6 Å². The molecule has 0 amide bonds. The summed E-state index contributed by atoms with van der Waals surface area (Å²) in [6, 6.07) is 0.696. The Labute approximate surface area is 114 Å². The van der Waals surface area contributed by atoms with E-state index in [1.807, 2.05) is 12.5 Å². The average molecular weight is 265 g/mol. The summed E-state index contributed by atoms with van der Waals surface area (Å²) in [5.74, 6) is 1.37. The fourth-order valence-electron chi connectivity index (χ4n) is 3.01. The third-order valence-corrected chi connectivity index (χ3v) is 4.56. The Kier molecular flexibility index (Phi) is 3.74. The maximum Gasteiger partial charge on any atom is 0.0953 e. The van der Waals surface area contributed by atoms with Gasteiger partial charge in [-0.05, 0) is 37.7 Å². The maximum absolute atomic E-state index is 6.17. The summed E-state index contributed by atoms with van der Waals surface area (Å²) in [6.45, 7) is 0. The van der Waals surface area contributed by atoms with Crippen LogP contribution in [0.1, 0.15) is 56.7 Å². The number of allylic oxidation sites excluding steroid dienone is 1. The van der Waals surface area contributed by atoms with Gasteiger partial charge in [0.2, 0.25) is 0 Å². The Bertz CT molecular complexity index is 425. The highest BCUT2D eigenvalue weighted by molar-refractivity contribution is 6.19. The number of halogens is 1. The molecule has 0 unspecified atom stereocenters. The molecule has 2 aliphatic rings. The third-order valence-electron chi connectivity index (χ3n) is 4.25. The molecule has 2 fully saturated rings. The molecule has 98 valence electrons. The first-order valence-electron chi connectivity index (χ1n) is 7.16. The Morgan fingerprint density at radius 2 is 2.06 bits per heavy atom. The number of hydrogen-bond donors (Lipinski definition) is 0. The van der Waals surface area contributed by atoms with Crippen molar-refractivity contribution >= 4 is 17.7 Å². The van der Waals surface area contributed by atoms with E-state index in [0.717, 1.165) is 0 Å². The largest absolute Gasteiger partial charge is 0.328 e. The molecule has 1 aromatic heterocycles. The quantitative estimate of drug-likeness (QED) is 0.736. The van der Waals surface area contributed by atoms with Crippen molar-refractivity contribution in [2.45, 2.75) is 51.0 Å². The molecule has 0 aliphatic heterocycles. The molecule has 2 aliphatic carbocycles. The minimum atomic E-state index is 0.667. The molecule has 0 N–H and O–H groups in total. The van der Waals surface area contributed by atoms with Crippen LogP contribution in [0.4, 0.5) is 0 Å². The number of nitrogens with zero attached hydrogens (tertiary/aromatic N) is 2. The zero-order chi connectivity index (χ0) is 12.4. The summed E-state index contributed by atoms with van der Waals surface area (Å²) in [6.07, 6.45) is 15.6. The molecule has 1 aromatic rings. The molecule has 2 nitrogen and oxygen atoms in total. The van der Waals surface area contributed by atoms with E-state index in [1.54, 1.807) is 0 Å². The second-order valence-electron chi connectivity index (χ2n) is 5.64. The van der Waals surface area contributed by atoms with Gasteiger partial charge in [-0.3, -0.25) is 0 Å². The minimum Gasteiger partial charge on any atom is -0.328 e. The molecule has 0 spiro atoms. The molecule has 0 atom stereocenters. The lowest BCUT2D eigenvalue weighted by molar-refractivity contribution is 0.405. The van der Waals surface area contributed by atoms with Gasteiger partial charge in [0, 0.05) is 11.9 Å². The molecule has 3 heteroatoms. The zero-order valence-electron chi connectivity index (χ0n) is 10.8. The summed E-state index contributed by atoms with van der Waals surface area (Å²) in [4.78, 5) is 4.29. The lowest BCUT2D eigenvalue weighted by Gasteiger charge is -2.23. The first-order valence-corrected chi connectivity index (χ1v) is 7.70. The summed E-state index contributed by atoms with van der Waals surface area (Å²) >= 11 is 6.17. The van der Waals surface area contributed by atoms with Crippen LogP contribution in [0.3, 0.4) is 0 Å². The van der Waals surface area contributed by atoms with Gasteiger partial charge in [-0.25, -0.2) is 4.98 Å². The van der Waals surface area contributed by atoms with Gasteiger partial charge in [0.15, 0.2) is 0 Å². The predicted molar refractivity (Wildman–Crippen MR) is 75.8 cm³/mol. The molecule has 0 aromatic carbocycles. The van der Waals surface area contributed by atoms with E-state index < -0.39 is 0 Å². The second-order valence-corrected chi connectivity index (χ2v) is 5.91. The van der Waals surface area contributed by atoms with Crippen LogP contribution in [0.5, 0.6) is 0 Å². The van der Waals surface area contributed by atoms with Gasteiger partial charge in [-0.2, -0.15) is 0 Å². The summed E-state index contributed by atoms with van der Waals surface area (Å²) in [5.41, 5.74) is 2.66. The third kappa shape index (κ3) is 2.64. The predicted octanol–water partition coefficient (Wildman–Crippen LogP) is 4.42. The van der Waals surface area contributed by atoms with E-state index in [9.17, 15) is 0 Å². The highest BCUT2D eigenvalue weighted by atomic mass is 35.5. The van der Waals surface area contributed by atoms with Crippen molar-refractivity contribution in [2.75, 3.05) is 5.88 Å². The van der Waals surface area contributed by atoms with Gasteiger partial charge in [0.05, 0.1) is 18.2 Å². The topological polar surface area (TPSA) is 17.8 Å². The lowest BCUT2D eigenvalue weighted by atomic mass is 9.84.